The van der Waals surface area contributed by atoms with Gasteiger partial charge in [-0.1, -0.05) is 37.5 Å². The van der Waals surface area contributed by atoms with Crippen LogP contribution >= 0.6 is 0 Å². The lowest BCUT2D eigenvalue weighted by Crippen LogP contribution is -2.42. The third-order valence-electron chi connectivity index (χ3n) is 4.93. The smallest absolute Gasteiger partial charge is 0.315 e. The molecule has 0 spiro atoms. The Balaban J connectivity index is 1.62. The number of urea groups is 1. The first kappa shape index (κ1) is 16.6. The van der Waals surface area contributed by atoms with Crippen LogP contribution in [0.15, 0.2) is 36.4 Å². The third kappa shape index (κ3) is 3.81. The zero-order valence-corrected chi connectivity index (χ0v) is 14.6. The molecule has 4 nitrogen and oxygen atoms in total. The summed E-state index contributed by atoms with van der Waals surface area (Å²) in [5.74, 6) is 0. The number of carbonyl (C=O) groups is 1. The average molecular weight is 325 g/mol. The molecule has 1 aromatic carbocycles. The maximum absolute atomic E-state index is 12.1. The van der Waals surface area contributed by atoms with Crippen LogP contribution < -0.4 is 10.6 Å². The van der Waals surface area contributed by atoms with Gasteiger partial charge in [-0.25, -0.2) is 4.79 Å². The number of benzene rings is 1. The minimum Gasteiger partial charge on any atom is -0.335 e. The van der Waals surface area contributed by atoms with Gasteiger partial charge in [-0.15, -0.1) is 0 Å². The Morgan fingerprint density at radius 2 is 1.83 bits per heavy atom. The van der Waals surface area contributed by atoms with E-state index in [1.807, 2.05) is 18.2 Å². The molecule has 3 rings (SSSR count). The summed E-state index contributed by atoms with van der Waals surface area (Å²) in [5.41, 5.74) is 4.68. The van der Waals surface area contributed by atoms with Crippen molar-refractivity contribution in [1.82, 2.24) is 15.2 Å². The molecule has 2 aromatic rings. The van der Waals surface area contributed by atoms with Gasteiger partial charge in [-0.3, -0.25) is 0 Å². The summed E-state index contributed by atoms with van der Waals surface area (Å²) in [5, 5.41) is 6.12. The van der Waals surface area contributed by atoms with Gasteiger partial charge in [0.2, 0.25) is 0 Å². The van der Waals surface area contributed by atoms with E-state index in [2.05, 4.69) is 47.2 Å². The Bertz CT molecular complexity index is 684. The second-order valence-electron chi connectivity index (χ2n) is 6.73. The molecular formula is C20H27N3O. The molecule has 1 aromatic heterocycles. The SMILES string of the molecule is Cc1cc(CNC(=O)NC2CCCCC2)c(C)n1-c1ccccc1. The van der Waals surface area contributed by atoms with E-state index in [-0.39, 0.29) is 6.03 Å². The van der Waals surface area contributed by atoms with E-state index in [1.54, 1.807) is 0 Å². The molecule has 0 aliphatic heterocycles. The minimum absolute atomic E-state index is 0.0496. The first-order chi connectivity index (χ1) is 11.6. The highest BCUT2D eigenvalue weighted by Gasteiger charge is 2.16. The van der Waals surface area contributed by atoms with Gasteiger partial charge >= 0.3 is 6.03 Å². The Morgan fingerprint density at radius 3 is 2.54 bits per heavy atom. The molecule has 0 atom stereocenters. The van der Waals surface area contributed by atoms with E-state index in [9.17, 15) is 4.79 Å². The highest BCUT2D eigenvalue weighted by molar-refractivity contribution is 5.74. The van der Waals surface area contributed by atoms with Gasteiger partial charge in [0.05, 0.1) is 0 Å². The molecule has 0 unspecified atom stereocenters. The van der Waals surface area contributed by atoms with Crippen LogP contribution in [0.1, 0.15) is 49.1 Å². The van der Waals surface area contributed by atoms with Gasteiger partial charge in [-0.05, 0) is 50.5 Å². The number of carbonyl (C=O) groups excluding carboxylic acids is 1. The van der Waals surface area contributed by atoms with Crippen molar-refractivity contribution in [3.63, 3.8) is 0 Å². The van der Waals surface area contributed by atoms with Crippen LogP contribution in [0.3, 0.4) is 0 Å². The lowest BCUT2D eigenvalue weighted by molar-refractivity contribution is 0.232. The summed E-state index contributed by atoms with van der Waals surface area (Å²) < 4.78 is 2.23. The second kappa shape index (κ2) is 7.56. The summed E-state index contributed by atoms with van der Waals surface area (Å²) in [6.07, 6.45) is 5.96. The van der Waals surface area contributed by atoms with E-state index >= 15 is 0 Å². The van der Waals surface area contributed by atoms with Crippen molar-refractivity contribution in [1.29, 1.82) is 0 Å². The van der Waals surface area contributed by atoms with Crippen LogP contribution in [0.25, 0.3) is 5.69 Å². The van der Waals surface area contributed by atoms with E-state index in [0.29, 0.717) is 12.6 Å². The topological polar surface area (TPSA) is 46.1 Å². The molecule has 1 fully saturated rings. The molecule has 0 bridgehead atoms. The summed E-state index contributed by atoms with van der Waals surface area (Å²) >= 11 is 0. The molecule has 24 heavy (non-hydrogen) atoms. The number of para-hydroxylation sites is 1. The monoisotopic (exact) mass is 325 g/mol. The standard InChI is InChI=1S/C20H27N3O/c1-15-13-17(16(2)23(15)19-11-7-4-8-12-19)14-21-20(24)22-18-9-5-3-6-10-18/h4,7-8,11-13,18H,3,5-6,9-10,14H2,1-2H3,(H2,21,22,24). The van der Waals surface area contributed by atoms with Crippen molar-refractivity contribution in [2.24, 2.45) is 0 Å². The zero-order valence-electron chi connectivity index (χ0n) is 14.6. The average Bonchev–Trinajstić information content (AvgIpc) is 2.88. The Hall–Kier alpha value is -2.23. The molecule has 1 saturated carbocycles. The number of rotatable bonds is 4. The molecule has 128 valence electrons. The Kier molecular flexibility index (Phi) is 5.24. The molecular weight excluding hydrogens is 298 g/mol. The highest BCUT2D eigenvalue weighted by atomic mass is 16.2. The van der Waals surface area contributed by atoms with Crippen molar-refractivity contribution in [2.45, 2.75) is 58.5 Å². The van der Waals surface area contributed by atoms with Gasteiger partial charge in [-0.2, -0.15) is 0 Å². The van der Waals surface area contributed by atoms with Crippen LogP contribution in [0.5, 0.6) is 0 Å². The fourth-order valence-electron chi connectivity index (χ4n) is 3.64. The van der Waals surface area contributed by atoms with Gasteiger partial charge in [0.1, 0.15) is 0 Å². The number of aryl methyl sites for hydroxylation is 1. The van der Waals surface area contributed by atoms with Crippen molar-refractivity contribution in [2.75, 3.05) is 0 Å². The van der Waals surface area contributed by atoms with Crippen molar-refractivity contribution in [3.05, 3.63) is 53.3 Å². The minimum atomic E-state index is -0.0496. The number of nitrogens with zero attached hydrogens (tertiary/aromatic N) is 1. The molecule has 2 N–H and O–H groups in total. The van der Waals surface area contributed by atoms with Crippen LogP contribution in [0, 0.1) is 13.8 Å². The van der Waals surface area contributed by atoms with E-state index in [4.69, 9.17) is 0 Å². The summed E-state index contributed by atoms with van der Waals surface area (Å²) in [6.45, 7) is 4.77. The number of nitrogens with one attached hydrogen (secondary N) is 2. The number of amides is 2. The predicted octanol–water partition coefficient (Wildman–Crippen LogP) is 4.23. The van der Waals surface area contributed by atoms with Crippen LogP contribution in [-0.4, -0.2) is 16.6 Å². The van der Waals surface area contributed by atoms with E-state index < -0.39 is 0 Å². The molecule has 1 aliphatic rings. The molecule has 2 amide bonds. The van der Waals surface area contributed by atoms with Crippen LogP contribution in [0.2, 0.25) is 0 Å². The molecule has 0 radical (unpaired) electrons. The maximum atomic E-state index is 12.1. The molecule has 0 saturated heterocycles. The van der Waals surface area contributed by atoms with E-state index in [0.717, 1.165) is 24.1 Å². The maximum Gasteiger partial charge on any atom is 0.315 e. The van der Waals surface area contributed by atoms with Gasteiger partial charge in [0, 0.05) is 29.7 Å². The normalized spacial score (nSPS) is 15.2. The van der Waals surface area contributed by atoms with E-state index in [1.165, 1.54) is 30.7 Å². The highest BCUT2D eigenvalue weighted by Crippen LogP contribution is 2.21. The fraction of sp³-hybridized carbons (Fsp3) is 0.450. The van der Waals surface area contributed by atoms with Crippen molar-refractivity contribution in [3.8, 4) is 5.69 Å². The van der Waals surface area contributed by atoms with Crippen molar-refractivity contribution >= 4 is 6.03 Å². The van der Waals surface area contributed by atoms with Gasteiger partial charge < -0.3 is 15.2 Å². The summed E-state index contributed by atoms with van der Waals surface area (Å²) in [6, 6.07) is 12.8. The van der Waals surface area contributed by atoms with Crippen molar-refractivity contribution < 1.29 is 4.79 Å². The van der Waals surface area contributed by atoms with Crippen LogP contribution in [-0.2, 0) is 6.54 Å². The van der Waals surface area contributed by atoms with Gasteiger partial charge in [0.25, 0.3) is 0 Å². The largest absolute Gasteiger partial charge is 0.335 e. The fourth-order valence-corrected chi connectivity index (χ4v) is 3.64. The van der Waals surface area contributed by atoms with Crippen LogP contribution in [0.4, 0.5) is 4.79 Å². The Labute approximate surface area is 144 Å². The zero-order chi connectivity index (χ0) is 16.9. The first-order valence-corrected chi connectivity index (χ1v) is 8.93. The predicted molar refractivity (Wildman–Crippen MR) is 97.5 cm³/mol. The summed E-state index contributed by atoms with van der Waals surface area (Å²) in [4.78, 5) is 12.1. The number of hydrogen-bond donors (Lipinski definition) is 2. The molecule has 1 aliphatic carbocycles. The quantitative estimate of drug-likeness (QED) is 0.868. The van der Waals surface area contributed by atoms with Gasteiger partial charge in [0.15, 0.2) is 0 Å². The third-order valence-corrected chi connectivity index (χ3v) is 4.93. The number of hydrogen-bond acceptors (Lipinski definition) is 1. The first-order valence-electron chi connectivity index (χ1n) is 8.93. The molecule has 1 heterocycles. The lowest BCUT2D eigenvalue weighted by Gasteiger charge is -2.22. The summed E-state index contributed by atoms with van der Waals surface area (Å²) in [7, 11) is 0. The second-order valence-corrected chi connectivity index (χ2v) is 6.73. The Morgan fingerprint density at radius 1 is 1.12 bits per heavy atom. The lowest BCUT2D eigenvalue weighted by atomic mass is 9.96. The number of aromatic nitrogens is 1. The molecule has 4 heteroatoms.